The van der Waals surface area contributed by atoms with Crippen LogP contribution in [-0.2, 0) is 4.79 Å². The molecule has 0 unspecified atom stereocenters. The number of carboxylic acid groups (broad SMARTS) is 1. The van der Waals surface area contributed by atoms with Gasteiger partial charge in [0.15, 0.2) is 5.76 Å². The summed E-state index contributed by atoms with van der Waals surface area (Å²) >= 11 is 0. The Balaban J connectivity index is 1.59. The van der Waals surface area contributed by atoms with Crippen molar-refractivity contribution < 1.29 is 23.9 Å². The lowest BCUT2D eigenvalue weighted by molar-refractivity contribution is -0.117. The molecule has 0 radical (unpaired) electrons. The molecule has 130 valence electrons. The highest BCUT2D eigenvalue weighted by molar-refractivity contribution is 5.96. The molecule has 1 aliphatic rings. The summed E-state index contributed by atoms with van der Waals surface area (Å²) in [5, 5.41) is 14.4. The molecule has 7 heteroatoms. The van der Waals surface area contributed by atoms with Crippen LogP contribution in [-0.4, -0.2) is 22.9 Å². The maximum atomic E-state index is 12.1. The normalized spacial score (nSPS) is 14.6. The van der Waals surface area contributed by atoms with Gasteiger partial charge in [-0.25, -0.2) is 4.79 Å². The van der Waals surface area contributed by atoms with Gasteiger partial charge in [0.25, 0.3) is 5.91 Å². The maximum Gasteiger partial charge on any atom is 0.338 e. The van der Waals surface area contributed by atoms with E-state index in [1.165, 1.54) is 6.07 Å². The van der Waals surface area contributed by atoms with E-state index in [0.717, 1.165) is 30.4 Å². The predicted molar refractivity (Wildman–Crippen MR) is 89.3 cm³/mol. The first-order valence-corrected chi connectivity index (χ1v) is 7.97. The van der Waals surface area contributed by atoms with Gasteiger partial charge in [0, 0.05) is 17.7 Å². The summed E-state index contributed by atoms with van der Waals surface area (Å²) in [7, 11) is 0. The number of anilines is 1. The van der Waals surface area contributed by atoms with Crippen molar-refractivity contribution >= 4 is 23.5 Å². The van der Waals surface area contributed by atoms with Crippen molar-refractivity contribution in [2.45, 2.75) is 25.8 Å². The number of hydrogen-bond donors (Lipinski definition) is 3. The summed E-state index contributed by atoms with van der Waals surface area (Å²) in [5.74, 6) is -1.52. The molecular weight excluding hydrogens is 324 g/mol. The van der Waals surface area contributed by atoms with Crippen molar-refractivity contribution in [1.29, 1.82) is 0 Å². The highest BCUT2D eigenvalue weighted by Gasteiger charge is 2.29. The van der Waals surface area contributed by atoms with Crippen LogP contribution in [0.4, 0.5) is 5.69 Å². The number of hydrogen-bond acceptors (Lipinski definition) is 4. The van der Waals surface area contributed by atoms with Crippen molar-refractivity contribution in [3.63, 3.8) is 0 Å². The number of aromatic carboxylic acids is 1. The van der Waals surface area contributed by atoms with Gasteiger partial charge in [0.2, 0.25) is 5.91 Å². The number of carbonyl (C=O) groups excluding carboxylic acids is 2. The van der Waals surface area contributed by atoms with E-state index in [9.17, 15) is 14.4 Å². The van der Waals surface area contributed by atoms with Crippen molar-refractivity contribution in [2.75, 3.05) is 5.32 Å². The van der Waals surface area contributed by atoms with Crippen LogP contribution in [0.15, 0.2) is 41.0 Å². The fourth-order valence-corrected chi connectivity index (χ4v) is 2.36. The number of amides is 2. The molecule has 1 saturated carbocycles. The van der Waals surface area contributed by atoms with Gasteiger partial charge in [-0.15, -0.1) is 0 Å². The molecule has 1 aromatic heterocycles. The quantitative estimate of drug-likeness (QED) is 0.748. The maximum absolute atomic E-state index is 12.1. The topological polar surface area (TPSA) is 109 Å². The van der Waals surface area contributed by atoms with Crippen LogP contribution in [0.5, 0.6) is 0 Å². The third-order valence-electron chi connectivity index (χ3n) is 4.04. The summed E-state index contributed by atoms with van der Waals surface area (Å²) in [6.45, 7) is 1.80. The van der Waals surface area contributed by atoms with Crippen molar-refractivity contribution in [1.82, 2.24) is 5.32 Å². The Labute approximate surface area is 144 Å². The Bertz CT molecular complexity index is 805. The van der Waals surface area contributed by atoms with Gasteiger partial charge >= 0.3 is 5.97 Å². The lowest BCUT2D eigenvalue weighted by Crippen LogP contribution is -2.26. The summed E-state index contributed by atoms with van der Waals surface area (Å²) in [4.78, 5) is 34.6. The SMILES string of the molecule is C[C@@H](NC(=O)c1cc(C(=O)O)co1)c1ccc(NC(=O)C2CC2)cc1. The van der Waals surface area contributed by atoms with Gasteiger partial charge in [-0.3, -0.25) is 9.59 Å². The van der Waals surface area contributed by atoms with E-state index in [1.807, 2.05) is 12.1 Å². The zero-order valence-electron chi connectivity index (χ0n) is 13.6. The molecule has 1 heterocycles. The number of rotatable bonds is 6. The number of benzene rings is 1. The number of carboxylic acids is 1. The van der Waals surface area contributed by atoms with Crippen molar-refractivity contribution in [3.8, 4) is 0 Å². The lowest BCUT2D eigenvalue weighted by Gasteiger charge is -2.14. The molecule has 1 aromatic carbocycles. The smallest absolute Gasteiger partial charge is 0.338 e. The van der Waals surface area contributed by atoms with Gasteiger partial charge in [0.05, 0.1) is 11.6 Å². The molecule has 3 rings (SSSR count). The average molecular weight is 342 g/mol. The van der Waals surface area contributed by atoms with Gasteiger partial charge in [0.1, 0.15) is 6.26 Å². The predicted octanol–water partition coefficient (Wildman–Crippen LogP) is 2.82. The van der Waals surface area contributed by atoms with Crippen LogP contribution in [0, 0.1) is 5.92 Å². The first-order valence-electron chi connectivity index (χ1n) is 7.97. The second-order valence-electron chi connectivity index (χ2n) is 6.09. The lowest BCUT2D eigenvalue weighted by atomic mass is 10.1. The van der Waals surface area contributed by atoms with Crippen LogP contribution in [0.2, 0.25) is 0 Å². The Kier molecular flexibility index (Phi) is 4.56. The van der Waals surface area contributed by atoms with E-state index in [-0.39, 0.29) is 29.2 Å². The standard InChI is InChI=1S/C18H18N2O5/c1-10(19-17(22)15-8-13(9-25-15)18(23)24)11-4-6-14(7-5-11)20-16(21)12-2-3-12/h4-10,12H,2-3H2,1H3,(H,19,22)(H,20,21)(H,23,24)/t10-/m1/s1. The second-order valence-corrected chi connectivity index (χ2v) is 6.09. The molecule has 3 N–H and O–H groups in total. The van der Waals surface area contributed by atoms with Crippen LogP contribution in [0.25, 0.3) is 0 Å². The van der Waals surface area contributed by atoms with E-state index in [2.05, 4.69) is 10.6 Å². The van der Waals surface area contributed by atoms with E-state index >= 15 is 0 Å². The number of carbonyl (C=O) groups is 3. The third kappa shape index (κ3) is 4.06. The fraction of sp³-hybridized carbons (Fsp3) is 0.278. The third-order valence-corrected chi connectivity index (χ3v) is 4.04. The van der Waals surface area contributed by atoms with E-state index in [1.54, 1.807) is 19.1 Å². The monoisotopic (exact) mass is 342 g/mol. The number of nitrogens with one attached hydrogen (secondary N) is 2. The van der Waals surface area contributed by atoms with E-state index in [0.29, 0.717) is 0 Å². The molecule has 1 atom stereocenters. The minimum absolute atomic E-state index is 0.0427. The molecular formula is C18H18N2O5. The summed E-state index contributed by atoms with van der Waals surface area (Å²) in [6.07, 6.45) is 2.92. The van der Waals surface area contributed by atoms with Gasteiger partial charge in [-0.2, -0.15) is 0 Å². The molecule has 0 spiro atoms. The Morgan fingerprint density at radius 2 is 1.88 bits per heavy atom. The van der Waals surface area contributed by atoms with Crippen molar-refractivity contribution in [3.05, 3.63) is 53.5 Å². The van der Waals surface area contributed by atoms with Gasteiger partial charge in [-0.05, 0) is 37.5 Å². The fourth-order valence-electron chi connectivity index (χ4n) is 2.36. The first-order chi connectivity index (χ1) is 11.9. The van der Waals surface area contributed by atoms with E-state index < -0.39 is 11.9 Å². The van der Waals surface area contributed by atoms with Gasteiger partial charge in [-0.1, -0.05) is 12.1 Å². The summed E-state index contributed by atoms with van der Waals surface area (Å²) in [6, 6.07) is 8.08. The largest absolute Gasteiger partial charge is 0.478 e. The molecule has 7 nitrogen and oxygen atoms in total. The number of furan rings is 1. The summed E-state index contributed by atoms with van der Waals surface area (Å²) < 4.78 is 4.98. The van der Waals surface area contributed by atoms with Crippen LogP contribution < -0.4 is 10.6 Å². The van der Waals surface area contributed by atoms with E-state index in [4.69, 9.17) is 9.52 Å². The molecule has 2 aromatic rings. The molecule has 1 fully saturated rings. The van der Waals surface area contributed by atoms with Gasteiger partial charge < -0.3 is 20.2 Å². The molecule has 0 aliphatic heterocycles. The molecule has 0 saturated heterocycles. The Morgan fingerprint density at radius 3 is 2.44 bits per heavy atom. The van der Waals surface area contributed by atoms with Crippen LogP contribution >= 0.6 is 0 Å². The van der Waals surface area contributed by atoms with Crippen LogP contribution in [0.3, 0.4) is 0 Å². The minimum Gasteiger partial charge on any atom is -0.478 e. The molecule has 2 amide bonds. The Morgan fingerprint density at radius 1 is 1.20 bits per heavy atom. The first kappa shape index (κ1) is 16.8. The summed E-state index contributed by atoms with van der Waals surface area (Å²) in [5.41, 5.74) is 1.49. The van der Waals surface area contributed by atoms with Crippen LogP contribution in [0.1, 0.15) is 52.3 Å². The second kappa shape index (κ2) is 6.80. The molecule has 0 bridgehead atoms. The Hall–Kier alpha value is -3.09. The highest BCUT2D eigenvalue weighted by atomic mass is 16.4. The minimum atomic E-state index is -1.15. The van der Waals surface area contributed by atoms with Crippen molar-refractivity contribution in [2.24, 2.45) is 5.92 Å². The highest BCUT2D eigenvalue weighted by Crippen LogP contribution is 2.30. The molecule has 1 aliphatic carbocycles. The average Bonchev–Trinajstić information content (AvgIpc) is 3.31. The zero-order chi connectivity index (χ0) is 18.0. The zero-order valence-corrected chi connectivity index (χ0v) is 13.6. The molecule has 25 heavy (non-hydrogen) atoms.